The first kappa shape index (κ1) is 25.1. The van der Waals surface area contributed by atoms with Crippen molar-refractivity contribution in [3.63, 3.8) is 0 Å². The van der Waals surface area contributed by atoms with Crippen molar-refractivity contribution < 1.29 is 18.0 Å². The van der Waals surface area contributed by atoms with E-state index in [1.165, 1.54) is 19.3 Å². The third kappa shape index (κ3) is 5.33. The second kappa shape index (κ2) is 10.3. The van der Waals surface area contributed by atoms with Crippen molar-refractivity contribution in [2.75, 3.05) is 26.2 Å². The number of hydrogen-bond donors (Lipinski definition) is 1. The number of hydrogen-bond acceptors (Lipinski definition) is 5. The molecule has 186 valence electrons. The monoisotopic (exact) mass is 495 g/mol. The molecule has 2 aromatic carbocycles. The van der Waals surface area contributed by atoms with Gasteiger partial charge in [-0.2, -0.15) is 0 Å². The number of sulfonamides is 1. The minimum Gasteiger partial charge on any atom is -0.351 e. The van der Waals surface area contributed by atoms with Crippen molar-refractivity contribution in [3.05, 3.63) is 75.9 Å². The van der Waals surface area contributed by atoms with Crippen LogP contribution in [0.3, 0.4) is 0 Å². The van der Waals surface area contributed by atoms with Gasteiger partial charge in [0.1, 0.15) is 4.91 Å². The van der Waals surface area contributed by atoms with E-state index in [0.29, 0.717) is 23.2 Å². The van der Waals surface area contributed by atoms with Gasteiger partial charge in [0.05, 0.1) is 6.54 Å². The molecule has 2 aromatic rings. The van der Waals surface area contributed by atoms with Crippen LogP contribution in [0, 0.1) is 13.8 Å². The fraction of sp³-hybridized carbons (Fsp3) is 0.407. The highest BCUT2D eigenvalue weighted by Gasteiger charge is 2.42. The Morgan fingerprint density at radius 3 is 2.29 bits per heavy atom. The van der Waals surface area contributed by atoms with Crippen molar-refractivity contribution in [1.82, 2.24) is 14.5 Å². The maximum atomic E-state index is 13.3. The molecule has 1 fully saturated rings. The van der Waals surface area contributed by atoms with E-state index in [9.17, 15) is 18.0 Å². The summed E-state index contributed by atoms with van der Waals surface area (Å²) in [6.07, 6.45) is 3.71. The summed E-state index contributed by atoms with van der Waals surface area (Å²) < 4.78 is 27.6. The summed E-state index contributed by atoms with van der Waals surface area (Å²) in [5.41, 5.74) is 3.92. The number of aryl methyl sites for hydroxylation is 2. The fourth-order valence-electron chi connectivity index (χ4n) is 4.64. The zero-order chi connectivity index (χ0) is 25.2. The van der Waals surface area contributed by atoms with Crippen LogP contribution in [0.15, 0.2) is 48.0 Å². The van der Waals surface area contributed by atoms with Crippen LogP contribution < -0.4 is 5.32 Å². The number of carbonyl (C=O) groups excluding carboxylic acids is 2. The lowest BCUT2D eigenvalue weighted by atomic mass is 10.0. The predicted molar refractivity (Wildman–Crippen MR) is 137 cm³/mol. The van der Waals surface area contributed by atoms with E-state index in [4.69, 9.17) is 0 Å². The first-order valence-corrected chi connectivity index (χ1v) is 13.6. The third-order valence-electron chi connectivity index (χ3n) is 6.91. The smallest absolute Gasteiger partial charge is 0.268 e. The number of carbonyl (C=O) groups is 2. The maximum Gasteiger partial charge on any atom is 0.268 e. The van der Waals surface area contributed by atoms with Crippen molar-refractivity contribution >= 4 is 26.7 Å². The third-order valence-corrected chi connectivity index (χ3v) is 8.84. The molecule has 2 heterocycles. The Morgan fingerprint density at radius 1 is 0.943 bits per heavy atom. The Hall–Kier alpha value is -2.97. The molecule has 0 saturated carbocycles. The summed E-state index contributed by atoms with van der Waals surface area (Å²) >= 11 is 0. The average Bonchev–Trinajstić information content (AvgIpc) is 3.01. The quantitative estimate of drug-likeness (QED) is 0.634. The molecule has 1 N–H and O–H groups in total. The Kier molecular flexibility index (Phi) is 7.42. The zero-order valence-electron chi connectivity index (χ0n) is 20.6. The van der Waals surface area contributed by atoms with Crippen molar-refractivity contribution in [3.8, 4) is 0 Å². The van der Waals surface area contributed by atoms with Gasteiger partial charge in [-0.05, 0) is 81.1 Å². The lowest BCUT2D eigenvalue weighted by Gasteiger charge is -2.26. The molecule has 8 heteroatoms. The first-order valence-electron chi connectivity index (χ1n) is 12.1. The van der Waals surface area contributed by atoms with Crippen LogP contribution in [0.4, 0.5) is 0 Å². The standard InChI is InChI=1S/C27H33N3O4S/c1-19-7-10-24(17-20(19)2)25-21(3)27(32)30(35(25,33)34)18-22-8-11-23(12-9-22)26(31)28-13-16-29-14-5-4-6-15-29/h7-12,17H,4-6,13-16,18H2,1-3H3,(H,28,31). The topological polar surface area (TPSA) is 86.8 Å². The molecule has 0 spiro atoms. The molecule has 35 heavy (non-hydrogen) atoms. The second-order valence-electron chi connectivity index (χ2n) is 9.43. The molecule has 7 nitrogen and oxygen atoms in total. The normalized spacial score (nSPS) is 18.3. The molecule has 0 atom stereocenters. The average molecular weight is 496 g/mol. The molecular weight excluding hydrogens is 462 g/mol. The van der Waals surface area contributed by atoms with Crippen LogP contribution in [0.25, 0.3) is 4.91 Å². The van der Waals surface area contributed by atoms with Crippen LogP contribution in [0.1, 0.15) is 58.8 Å². The number of benzene rings is 2. The molecule has 0 bridgehead atoms. The van der Waals surface area contributed by atoms with E-state index >= 15 is 0 Å². The van der Waals surface area contributed by atoms with E-state index in [-0.39, 0.29) is 22.9 Å². The van der Waals surface area contributed by atoms with E-state index < -0.39 is 15.9 Å². The molecule has 0 unspecified atom stereocenters. The molecule has 0 radical (unpaired) electrons. The van der Waals surface area contributed by atoms with Crippen LogP contribution in [-0.4, -0.2) is 55.6 Å². The van der Waals surface area contributed by atoms with Crippen molar-refractivity contribution in [1.29, 1.82) is 0 Å². The number of amides is 2. The summed E-state index contributed by atoms with van der Waals surface area (Å²) in [6.45, 7) is 8.96. The first-order chi connectivity index (χ1) is 16.7. The lowest BCUT2D eigenvalue weighted by molar-refractivity contribution is -0.122. The van der Waals surface area contributed by atoms with Crippen LogP contribution in [0.5, 0.6) is 0 Å². The fourth-order valence-corrected chi connectivity index (χ4v) is 6.44. The van der Waals surface area contributed by atoms with Gasteiger partial charge in [0, 0.05) is 24.2 Å². The molecule has 0 aliphatic carbocycles. The van der Waals surface area contributed by atoms with Crippen LogP contribution in [-0.2, 0) is 21.4 Å². The Labute approximate surface area is 207 Å². The highest BCUT2D eigenvalue weighted by molar-refractivity contribution is 7.99. The minimum absolute atomic E-state index is 0.0651. The van der Waals surface area contributed by atoms with Crippen molar-refractivity contribution in [2.24, 2.45) is 0 Å². The molecule has 2 aliphatic rings. The van der Waals surface area contributed by atoms with Gasteiger partial charge in [0.25, 0.3) is 21.8 Å². The predicted octanol–water partition coefficient (Wildman–Crippen LogP) is 3.62. The van der Waals surface area contributed by atoms with Gasteiger partial charge in [0.15, 0.2) is 0 Å². The van der Waals surface area contributed by atoms with E-state index in [1.807, 2.05) is 19.9 Å². The maximum absolute atomic E-state index is 13.3. The Bertz CT molecular complexity index is 1260. The highest BCUT2D eigenvalue weighted by Crippen LogP contribution is 2.37. The largest absolute Gasteiger partial charge is 0.351 e. The van der Waals surface area contributed by atoms with E-state index in [2.05, 4.69) is 10.2 Å². The molecule has 2 amide bonds. The number of rotatable bonds is 7. The number of nitrogens with one attached hydrogen (secondary N) is 1. The van der Waals surface area contributed by atoms with Gasteiger partial charge in [0.2, 0.25) is 0 Å². The molecule has 1 saturated heterocycles. The van der Waals surface area contributed by atoms with Gasteiger partial charge in [-0.3, -0.25) is 9.59 Å². The lowest BCUT2D eigenvalue weighted by Crippen LogP contribution is -2.37. The summed E-state index contributed by atoms with van der Waals surface area (Å²) in [7, 11) is -3.98. The summed E-state index contributed by atoms with van der Waals surface area (Å²) in [4.78, 5) is 27.8. The number of likely N-dealkylation sites (tertiary alicyclic amines) is 1. The van der Waals surface area contributed by atoms with Gasteiger partial charge < -0.3 is 10.2 Å². The van der Waals surface area contributed by atoms with Gasteiger partial charge in [-0.1, -0.05) is 36.8 Å². The number of nitrogens with zero attached hydrogens (tertiary/aromatic N) is 2. The second-order valence-corrected chi connectivity index (χ2v) is 11.2. The molecule has 0 aromatic heterocycles. The van der Waals surface area contributed by atoms with E-state index in [0.717, 1.165) is 35.1 Å². The molecule has 2 aliphatic heterocycles. The summed E-state index contributed by atoms with van der Waals surface area (Å²) in [5, 5.41) is 2.95. The Morgan fingerprint density at radius 2 is 1.63 bits per heavy atom. The molecular formula is C27H33N3O4S. The Balaban J connectivity index is 1.41. The van der Waals surface area contributed by atoms with Gasteiger partial charge >= 0.3 is 0 Å². The zero-order valence-corrected chi connectivity index (χ0v) is 21.5. The summed E-state index contributed by atoms with van der Waals surface area (Å²) in [5.74, 6) is -0.675. The van der Waals surface area contributed by atoms with Gasteiger partial charge in [-0.25, -0.2) is 12.7 Å². The summed E-state index contributed by atoms with van der Waals surface area (Å²) in [6, 6.07) is 12.2. The van der Waals surface area contributed by atoms with Gasteiger partial charge in [-0.15, -0.1) is 0 Å². The highest BCUT2D eigenvalue weighted by atomic mass is 32.2. The molecule has 4 rings (SSSR count). The van der Waals surface area contributed by atoms with Crippen LogP contribution >= 0.6 is 0 Å². The van der Waals surface area contributed by atoms with Crippen LogP contribution in [0.2, 0.25) is 0 Å². The SMILES string of the molecule is CC1=C(c2ccc(C)c(C)c2)S(=O)(=O)N(Cc2ccc(C(=O)NCCN3CCCCC3)cc2)C1=O. The van der Waals surface area contributed by atoms with Crippen molar-refractivity contribution in [2.45, 2.75) is 46.6 Å². The number of piperidine rings is 1. The minimum atomic E-state index is -3.98. The van der Waals surface area contributed by atoms with E-state index in [1.54, 1.807) is 43.3 Å².